The minimum Gasteiger partial charge on any atom is -0.488 e. The number of benzene rings is 1. The van der Waals surface area contributed by atoms with Gasteiger partial charge in [-0.15, -0.1) is 0 Å². The van der Waals surface area contributed by atoms with Crippen LogP contribution in [0.4, 0.5) is 10.1 Å². The predicted octanol–water partition coefficient (Wildman–Crippen LogP) is 1.51. The van der Waals surface area contributed by atoms with E-state index in [2.05, 4.69) is 5.32 Å². The van der Waals surface area contributed by atoms with E-state index in [1.54, 1.807) is 0 Å². The van der Waals surface area contributed by atoms with E-state index >= 15 is 0 Å². The number of methoxy groups -OCH3 is 1. The third-order valence-corrected chi connectivity index (χ3v) is 2.51. The number of carbonyl (C=O) groups is 2. The van der Waals surface area contributed by atoms with Gasteiger partial charge in [0.1, 0.15) is 12.5 Å². The van der Waals surface area contributed by atoms with Crippen LogP contribution in [-0.4, -0.2) is 37.3 Å². The average Bonchev–Trinajstić information content (AvgIpc) is 2.40. The van der Waals surface area contributed by atoms with Crippen LogP contribution in [0.3, 0.4) is 0 Å². The molecular weight excluding hydrogens is 269 g/mol. The molecule has 2 N–H and O–H groups in total. The first kappa shape index (κ1) is 15.9. The molecule has 7 heteroatoms. The maximum atomic E-state index is 13.7. The highest BCUT2D eigenvalue weighted by molar-refractivity contribution is 6.03. The van der Waals surface area contributed by atoms with Crippen LogP contribution in [-0.2, 0) is 14.3 Å². The molecule has 0 aliphatic carbocycles. The minimum atomic E-state index is -1.25. The van der Waals surface area contributed by atoms with Crippen molar-refractivity contribution >= 4 is 17.6 Å². The van der Waals surface area contributed by atoms with E-state index in [9.17, 15) is 14.0 Å². The Bertz CT molecular complexity index is 492. The summed E-state index contributed by atoms with van der Waals surface area (Å²) in [6, 6.07) is 3.85. The summed E-state index contributed by atoms with van der Waals surface area (Å²) in [5.74, 6) is -3.80. The molecule has 1 aromatic carbocycles. The van der Waals surface area contributed by atoms with Gasteiger partial charge in [0.25, 0.3) is 0 Å². The van der Waals surface area contributed by atoms with Crippen molar-refractivity contribution in [1.29, 1.82) is 0 Å². The molecule has 0 fully saturated rings. The molecule has 1 aromatic rings. The smallest absolute Gasteiger partial charge is 0.315 e. The zero-order chi connectivity index (χ0) is 15.1. The summed E-state index contributed by atoms with van der Waals surface area (Å²) in [4.78, 5) is 22.1. The van der Waals surface area contributed by atoms with Gasteiger partial charge in [-0.2, -0.15) is 0 Å². The second kappa shape index (κ2) is 7.44. The topological polar surface area (TPSA) is 84.9 Å². The summed E-state index contributed by atoms with van der Waals surface area (Å²) in [7, 11) is 1.50. The van der Waals surface area contributed by atoms with Crippen molar-refractivity contribution in [2.75, 3.05) is 25.6 Å². The Morgan fingerprint density at radius 1 is 1.40 bits per heavy atom. The number of hydrogen-bond donors (Lipinski definition) is 2. The molecule has 0 saturated heterocycles. The maximum Gasteiger partial charge on any atom is 0.315 e. The van der Waals surface area contributed by atoms with E-state index in [-0.39, 0.29) is 18.0 Å². The summed E-state index contributed by atoms with van der Waals surface area (Å²) in [6.45, 7) is 1.78. The van der Waals surface area contributed by atoms with E-state index in [4.69, 9.17) is 14.6 Å². The van der Waals surface area contributed by atoms with Crippen LogP contribution in [0.1, 0.15) is 6.92 Å². The number of hydrogen-bond acceptors (Lipinski definition) is 4. The molecule has 1 unspecified atom stereocenters. The third kappa shape index (κ3) is 4.51. The Morgan fingerprint density at radius 2 is 2.10 bits per heavy atom. The fourth-order valence-electron chi connectivity index (χ4n) is 1.29. The van der Waals surface area contributed by atoms with Gasteiger partial charge in [-0.05, 0) is 19.1 Å². The van der Waals surface area contributed by atoms with Gasteiger partial charge in [0, 0.05) is 18.9 Å². The quantitative estimate of drug-likeness (QED) is 0.586. The number of carbonyl (C=O) groups excluding carboxylic acids is 1. The number of anilines is 1. The molecule has 0 aliphatic heterocycles. The molecule has 1 rings (SSSR count). The van der Waals surface area contributed by atoms with Crippen LogP contribution in [0.5, 0.6) is 5.75 Å². The van der Waals surface area contributed by atoms with Crippen LogP contribution < -0.4 is 10.1 Å². The number of aliphatic carboxylic acids is 1. The lowest BCUT2D eigenvalue weighted by atomic mass is 10.1. The highest BCUT2D eigenvalue weighted by Gasteiger charge is 2.20. The first-order valence-corrected chi connectivity index (χ1v) is 5.90. The summed E-state index contributed by atoms with van der Waals surface area (Å²) in [5.41, 5.74) is 0.166. The Labute approximate surface area is 115 Å². The Hall–Kier alpha value is -2.15. The summed E-state index contributed by atoms with van der Waals surface area (Å²) in [5, 5.41) is 11.0. The van der Waals surface area contributed by atoms with Crippen molar-refractivity contribution in [3.05, 3.63) is 24.0 Å². The molecule has 0 spiro atoms. The predicted molar refractivity (Wildman–Crippen MR) is 69.2 cm³/mol. The molecule has 0 bridgehead atoms. The zero-order valence-corrected chi connectivity index (χ0v) is 11.2. The average molecular weight is 285 g/mol. The van der Waals surface area contributed by atoms with Crippen LogP contribution >= 0.6 is 0 Å². The van der Waals surface area contributed by atoms with E-state index in [1.807, 2.05) is 0 Å². The van der Waals surface area contributed by atoms with Crippen molar-refractivity contribution < 1.29 is 28.6 Å². The highest BCUT2D eigenvalue weighted by Crippen LogP contribution is 2.21. The molecule has 0 heterocycles. The number of rotatable bonds is 7. The standard InChI is InChI=1S/C13H16FNO5/c1-8(13(17)18)12(16)15-9-3-4-11(10(14)7-9)20-6-5-19-2/h3-4,7-8H,5-6H2,1-2H3,(H,15,16)(H,17,18). The minimum absolute atomic E-state index is 0.0336. The van der Waals surface area contributed by atoms with Crippen molar-refractivity contribution in [2.45, 2.75) is 6.92 Å². The second-order valence-electron chi connectivity index (χ2n) is 4.04. The lowest BCUT2D eigenvalue weighted by molar-refractivity contribution is -0.144. The first-order chi connectivity index (χ1) is 9.45. The molecule has 1 amide bonds. The van der Waals surface area contributed by atoms with Gasteiger partial charge in [0.05, 0.1) is 6.61 Å². The summed E-state index contributed by atoms with van der Waals surface area (Å²) < 4.78 is 23.5. The van der Waals surface area contributed by atoms with E-state index in [1.165, 1.54) is 26.2 Å². The fraction of sp³-hybridized carbons (Fsp3) is 0.385. The lowest BCUT2D eigenvalue weighted by Crippen LogP contribution is -2.26. The fourth-order valence-corrected chi connectivity index (χ4v) is 1.29. The number of amides is 1. The van der Waals surface area contributed by atoms with Gasteiger partial charge in [-0.25, -0.2) is 4.39 Å². The van der Waals surface area contributed by atoms with Crippen LogP contribution in [0.15, 0.2) is 18.2 Å². The van der Waals surface area contributed by atoms with Crippen LogP contribution in [0.2, 0.25) is 0 Å². The normalized spacial score (nSPS) is 11.8. The highest BCUT2D eigenvalue weighted by atomic mass is 19.1. The second-order valence-corrected chi connectivity index (χ2v) is 4.04. The molecular formula is C13H16FNO5. The Balaban J connectivity index is 2.67. The van der Waals surface area contributed by atoms with E-state index < -0.39 is 23.6 Å². The van der Waals surface area contributed by atoms with Crippen molar-refractivity contribution in [1.82, 2.24) is 0 Å². The molecule has 0 saturated carbocycles. The van der Waals surface area contributed by atoms with Gasteiger partial charge in [-0.3, -0.25) is 9.59 Å². The number of nitrogens with one attached hydrogen (secondary N) is 1. The van der Waals surface area contributed by atoms with E-state index in [0.717, 1.165) is 6.07 Å². The van der Waals surface area contributed by atoms with Crippen molar-refractivity contribution in [2.24, 2.45) is 5.92 Å². The van der Waals surface area contributed by atoms with Gasteiger partial charge >= 0.3 is 5.97 Å². The monoisotopic (exact) mass is 285 g/mol. The molecule has 0 aliphatic rings. The Morgan fingerprint density at radius 3 is 2.65 bits per heavy atom. The largest absolute Gasteiger partial charge is 0.488 e. The van der Waals surface area contributed by atoms with E-state index in [0.29, 0.717) is 6.61 Å². The Kier molecular flexibility index (Phi) is 5.92. The lowest BCUT2D eigenvalue weighted by Gasteiger charge is -2.10. The molecule has 0 radical (unpaired) electrons. The molecule has 6 nitrogen and oxygen atoms in total. The molecule has 110 valence electrons. The van der Waals surface area contributed by atoms with Gasteiger partial charge in [0.15, 0.2) is 11.6 Å². The van der Waals surface area contributed by atoms with Crippen LogP contribution in [0, 0.1) is 11.7 Å². The third-order valence-electron chi connectivity index (χ3n) is 2.51. The van der Waals surface area contributed by atoms with Gasteiger partial charge < -0.3 is 19.9 Å². The molecule has 20 heavy (non-hydrogen) atoms. The van der Waals surface area contributed by atoms with Crippen molar-refractivity contribution in [3.8, 4) is 5.75 Å². The molecule has 1 atom stereocenters. The molecule has 0 aromatic heterocycles. The number of ether oxygens (including phenoxy) is 2. The van der Waals surface area contributed by atoms with Gasteiger partial charge in [-0.1, -0.05) is 0 Å². The van der Waals surface area contributed by atoms with Gasteiger partial charge in [0.2, 0.25) is 5.91 Å². The number of carboxylic acids is 1. The first-order valence-electron chi connectivity index (χ1n) is 5.90. The number of carboxylic acid groups (broad SMARTS) is 1. The van der Waals surface area contributed by atoms with Crippen LogP contribution in [0.25, 0.3) is 0 Å². The maximum absolute atomic E-state index is 13.7. The zero-order valence-electron chi connectivity index (χ0n) is 11.2. The summed E-state index contributed by atoms with van der Waals surface area (Å²) in [6.07, 6.45) is 0. The number of halogens is 1. The SMILES string of the molecule is COCCOc1ccc(NC(=O)C(C)C(=O)O)cc1F. The van der Waals surface area contributed by atoms with Crippen molar-refractivity contribution in [3.63, 3.8) is 0 Å². The summed E-state index contributed by atoms with van der Waals surface area (Å²) >= 11 is 0.